The number of ether oxygens (including phenoxy) is 1. The molecule has 4 N–H and O–H groups in total. The van der Waals surface area contributed by atoms with E-state index in [1.807, 2.05) is 4.90 Å². The van der Waals surface area contributed by atoms with Gasteiger partial charge in [0.15, 0.2) is 0 Å². The Morgan fingerprint density at radius 3 is 2.78 bits per heavy atom. The molecule has 0 radical (unpaired) electrons. The maximum absolute atomic E-state index is 11.6. The molecule has 7 nitrogen and oxygen atoms in total. The minimum atomic E-state index is -0.278. The summed E-state index contributed by atoms with van der Waals surface area (Å²) in [7, 11) is 0. The molecule has 1 fully saturated rings. The molecule has 1 aliphatic rings. The Kier molecular flexibility index (Phi) is 3.50. The van der Waals surface area contributed by atoms with Crippen molar-refractivity contribution in [1.82, 2.24) is 9.97 Å². The molecule has 1 aromatic heterocycles. The molecule has 0 bridgehead atoms. The molecule has 0 aliphatic heterocycles. The molecule has 7 heteroatoms. The first-order valence-electron chi connectivity index (χ1n) is 5.92. The molecule has 0 aromatic carbocycles. The minimum absolute atomic E-state index is 0.111. The highest BCUT2D eigenvalue weighted by Crippen LogP contribution is 2.31. The van der Waals surface area contributed by atoms with Gasteiger partial charge in [-0.3, -0.25) is 4.79 Å². The van der Waals surface area contributed by atoms with E-state index < -0.39 is 0 Å². The smallest absolute Gasteiger partial charge is 0.325 e. The molecule has 1 heterocycles. The van der Waals surface area contributed by atoms with Gasteiger partial charge in [-0.2, -0.15) is 9.97 Å². The van der Waals surface area contributed by atoms with Gasteiger partial charge in [-0.15, -0.1) is 0 Å². The van der Waals surface area contributed by atoms with Crippen LogP contribution in [0.15, 0.2) is 6.07 Å². The van der Waals surface area contributed by atoms with E-state index in [1.54, 1.807) is 13.0 Å². The average Bonchev–Trinajstić information content (AvgIpc) is 3.08. The van der Waals surface area contributed by atoms with Crippen molar-refractivity contribution in [3.63, 3.8) is 0 Å². The van der Waals surface area contributed by atoms with Gasteiger partial charge in [0.2, 0.25) is 5.95 Å². The Morgan fingerprint density at radius 2 is 2.22 bits per heavy atom. The lowest BCUT2D eigenvalue weighted by atomic mass is 10.4. The third-order valence-corrected chi connectivity index (χ3v) is 2.64. The van der Waals surface area contributed by atoms with Crippen molar-refractivity contribution in [2.75, 3.05) is 29.5 Å². The SMILES string of the molecule is CCOC(=O)CN(c1cc(N)nc(N)n1)C1CC1. The summed E-state index contributed by atoms with van der Waals surface area (Å²) in [5, 5.41) is 0. The van der Waals surface area contributed by atoms with Gasteiger partial charge in [-0.1, -0.05) is 0 Å². The summed E-state index contributed by atoms with van der Waals surface area (Å²) in [6.45, 7) is 2.31. The topological polar surface area (TPSA) is 107 Å². The van der Waals surface area contributed by atoms with Crippen LogP contribution in [0.1, 0.15) is 19.8 Å². The number of nitrogens with zero attached hydrogens (tertiary/aromatic N) is 3. The van der Waals surface area contributed by atoms with Crippen LogP contribution in [0.3, 0.4) is 0 Å². The maximum Gasteiger partial charge on any atom is 0.325 e. The van der Waals surface area contributed by atoms with Gasteiger partial charge >= 0.3 is 5.97 Å². The maximum atomic E-state index is 11.6. The van der Waals surface area contributed by atoms with E-state index in [9.17, 15) is 4.79 Å². The molecule has 1 aromatic rings. The van der Waals surface area contributed by atoms with Crippen molar-refractivity contribution >= 4 is 23.6 Å². The largest absolute Gasteiger partial charge is 0.465 e. The van der Waals surface area contributed by atoms with Crippen LogP contribution in [-0.4, -0.2) is 35.1 Å². The molecule has 1 aliphatic carbocycles. The lowest BCUT2D eigenvalue weighted by Crippen LogP contribution is -2.33. The first kappa shape index (κ1) is 12.4. The second kappa shape index (κ2) is 5.07. The monoisotopic (exact) mass is 251 g/mol. The highest BCUT2D eigenvalue weighted by atomic mass is 16.5. The van der Waals surface area contributed by atoms with E-state index in [0.29, 0.717) is 24.3 Å². The van der Waals surface area contributed by atoms with E-state index in [1.165, 1.54) is 0 Å². The van der Waals surface area contributed by atoms with Crippen molar-refractivity contribution in [3.8, 4) is 0 Å². The van der Waals surface area contributed by atoms with Crippen LogP contribution >= 0.6 is 0 Å². The summed E-state index contributed by atoms with van der Waals surface area (Å²) < 4.78 is 4.95. The fourth-order valence-electron chi connectivity index (χ4n) is 1.75. The molecule has 0 atom stereocenters. The lowest BCUT2D eigenvalue weighted by Gasteiger charge is -2.22. The summed E-state index contributed by atoms with van der Waals surface area (Å²) >= 11 is 0. The molecule has 2 rings (SSSR count). The van der Waals surface area contributed by atoms with Crippen LogP contribution in [0.25, 0.3) is 0 Å². The quantitative estimate of drug-likeness (QED) is 0.718. The highest BCUT2D eigenvalue weighted by molar-refractivity contribution is 5.76. The second-order valence-corrected chi connectivity index (χ2v) is 4.17. The number of esters is 1. The summed E-state index contributed by atoms with van der Waals surface area (Å²) in [5.74, 6) is 0.710. The van der Waals surface area contributed by atoms with Gasteiger partial charge in [-0.25, -0.2) is 0 Å². The molecule has 0 spiro atoms. The zero-order chi connectivity index (χ0) is 13.1. The first-order chi connectivity index (χ1) is 8.60. The first-order valence-corrected chi connectivity index (χ1v) is 5.92. The fourth-order valence-corrected chi connectivity index (χ4v) is 1.75. The summed E-state index contributed by atoms with van der Waals surface area (Å²) in [4.78, 5) is 21.4. The molecular formula is C11H17N5O2. The fraction of sp³-hybridized carbons (Fsp3) is 0.545. The van der Waals surface area contributed by atoms with Crippen molar-refractivity contribution in [2.24, 2.45) is 0 Å². The van der Waals surface area contributed by atoms with Crippen molar-refractivity contribution in [3.05, 3.63) is 6.07 Å². The summed E-state index contributed by atoms with van der Waals surface area (Å²) in [5.41, 5.74) is 11.2. The van der Waals surface area contributed by atoms with E-state index in [0.717, 1.165) is 12.8 Å². The van der Waals surface area contributed by atoms with E-state index in [4.69, 9.17) is 16.2 Å². The summed E-state index contributed by atoms with van der Waals surface area (Å²) in [6.07, 6.45) is 2.06. The van der Waals surface area contributed by atoms with Crippen molar-refractivity contribution in [2.45, 2.75) is 25.8 Å². The number of rotatable bonds is 5. The molecule has 98 valence electrons. The van der Waals surface area contributed by atoms with Gasteiger partial charge in [0.1, 0.15) is 18.2 Å². The number of hydrogen-bond acceptors (Lipinski definition) is 7. The number of hydrogen-bond donors (Lipinski definition) is 2. The Labute approximate surface area is 105 Å². The number of carbonyl (C=O) groups excluding carboxylic acids is 1. The van der Waals surface area contributed by atoms with E-state index >= 15 is 0 Å². The van der Waals surface area contributed by atoms with Gasteiger partial charge in [-0.05, 0) is 19.8 Å². The Bertz CT molecular complexity index is 427. The minimum Gasteiger partial charge on any atom is -0.465 e. The van der Waals surface area contributed by atoms with Crippen LogP contribution in [0, 0.1) is 0 Å². The molecule has 0 unspecified atom stereocenters. The lowest BCUT2D eigenvalue weighted by molar-refractivity contribution is -0.141. The van der Waals surface area contributed by atoms with E-state index in [-0.39, 0.29) is 18.5 Å². The van der Waals surface area contributed by atoms with Crippen molar-refractivity contribution < 1.29 is 9.53 Å². The van der Waals surface area contributed by atoms with Gasteiger partial charge in [0.25, 0.3) is 0 Å². The molecule has 18 heavy (non-hydrogen) atoms. The highest BCUT2D eigenvalue weighted by Gasteiger charge is 2.32. The van der Waals surface area contributed by atoms with Crippen LogP contribution in [0.5, 0.6) is 0 Å². The summed E-state index contributed by atoms with van der Waals surface area (Å²) in [6, 6.07) is 1.93. The zero-order valence-electron chi connectivity index (χ0n) is 10.3. The Balaban J connectivity index is 2.16. The molecular weight excluding hydrogens is 234 g/mol. The predicted molar refractivity (Wildman–Crippen MR) is 67.9 cm³/mol. The number of nitrogens with two attached hydrogens (primary N) is 2. The van der Waals surface area contributed by atoms with Crippen molar-refractivity contribution in [1.29, 1.82) is 0 Å². The number of anilines is 3. The Hall–Kier alpha value is -2.05. The zero-order valence-corrected chi connectivity index (χ0v) is 10.3. The average molecular weight is 251 g/mol. The van der Waals surface area contributed by atoms with Crippen LogP contribution in [0.4, 0.5) is 17.6 Å². The third-order valence-electron chi connectivity index (χ3n) is 2.64. The van der Waals surface area contributed by atoms with Gasteiger partial charge < -0.3 is 21.1 Å². The normalized spacial score (nSPS) is 14.3. The van der Waals surface area contributed by atoms with Crippen LogP contribution < -0.4 is 16.4 Å². The number of carbonyl (C=O) groups is 1. The second-order valence-electron chi connectivity index (χ2n) is 4.17. The molecule has 0 saturated heterocycles. The Morgan fingerprint density at radius 1 is 1.50 bits per heavy atom. The number of nitrogen functional groups attached to an aromatic ring is 2. The standard InChI is InChI=1S/C11H17N5O2/c1-2-18-10(17)6-16(7-3-4-7)9-5-8(12)14-11(13)15-9/h5,7H,2-4,6H2,1H3,(H4,12,13,14,15). The predicted octanol–water partition coefficient (Wildman–Crippen LogP) is 0.173. The third kappa shape index (κ3) is 2.99. The van der Waals surface area contributed by atoms with Crippen LogP contribution in [0.2, 0.25) is 0 Å². The number of aromatic nitrogens is 2. The van der Waals surface area contributed by atoms with E-state index in [2.05, 4.69) is 9.97 Å². The van der Waals surface area contributed by atoms with Crippen LogP contribution in [-0.2, 0) is 9.53 Å². The molecule has 1 saturated carbocycles. The van der Waals surface area contributed by atoms with Gasteiger partial charge in [0.05, 0.1) is 6.61 Å². The van der Waals surface area contributed by atoms with Gasteiger partial charge in [0, 0.05) is 12.1 Å². The molecule has 0 amide bonds.